The molecule has 2 fully saturated rings. The van der Waals surface area contributed by atoms with Crippen LogP contribution < -0.4 is 15.8 Å². The summed E-state index contributed by atoms with van der Waals surface area (Å²) in [5, 5.41) is 5.94. The van der Waals surface area contributed by atoms with Crippen molar-refractivity contribution in [3.8, 4) is 22.8 Å². The highest BCUT2D eigenvalue weighted by atomic mass is 32.1. The largest absolute Gasteiger partial charge is 0.456 e. The third-order valence-corrected chi connectivity index (χ3v) is 7.68. The molecule has 0 spiro atoms. The van der Waals surface area contributed by atoms with Crippen LogP contribution in [-0.2, 0) is 9.47 Å². The van der Waals surface area contributed by atoms with E-state index < -0.39 is 0 Å². The molecule has 2 saturated heterocycles. The molecule has 5 rings (SSSR count). The fourth-order valence-electron chi connectivity index (χ4n) is 4.90. The second-order valence-electron chi connectivity index (χ2n) is 10.0. The number of ether oxygens (including phenoxy) is 3. The van der Waals surface area contributed by atoms with Crippen LogP contribution in [0.4, 0.5) is 5.13 Å². The molecule has 2 aliphatic heterocycles. The van der Waals surface area contributed by atoms with Crippen molar-refractivity contribution < 1.29 is 14.2 Å². The number of guanidine groups is 1. The summed E-state index contributed by atoms with van der Waals surface area (Å²) in [6.45, 7) is 12.5. The summed E-state index contributed by atoms with van der Waals surface area (Å²) < 4.78 is 17.4. The minimum absolute atomic E-state index is 0.0417. The number of anilines is 1. The van der Waals surface area contributed by atoms with Crippen molar-refractivity contribution in [3.05, 3.63) is 59.0 Å². The fourth-order valence-corrected chi connectivity index (χ4v) is 5.61. The predicted molar refractivity (Wildman–Crippen MR) is 157 cm³/mol. The number of aromatic nitrogens is 1. The highest BCUT2D eigenvalue weighted by molar-refractivity contribution is 7.14. The van der Waals surface area contributed by atoms with Crippen molar-refractivity contribution in [2.75, 3.05) is 71.0 Å². The van der Waals surface area contributed by atoms with Crippen LogP contribution in [0, 0.1) is 13.8 Å². The Kier molecular flexibility index (Phi) is 9.44. The number of nitrogens with zero attached hydrogens (tertiary/aromatic N) is 4. The minimum Gasteiger partial charge on any atom is -0.456 e. The monoisotopic (exact) mass is 550 g/mol. The fraction of sp³-hybridized carbons (Fsp3) is 0.448. The molecule has 0 saturated carbocycles. The molecule has 0 bridgehead atoms. The molecule has 2 aliphatic rings. The Morgan fingerprint density at radius 2 is 1.67 bits per heavy atom. The molecular formula is C29H38N6O3S. The highest BCUT2D eigenvalue weighted by Gasteiger charge is 2.21. The standard InChI is InChI=1S/C29H38N6O3S/c1-21-7-8-26(22(2)17-21)38-27-6-4-3-5-24(27)25-20-39-29(32-25)33-28(30)31-23(18-34-9-13-36-14-10-34)19-35-11-15-37-16-12-35/h3-8,17,20,23H,9-16,18-19H2,1-2H3,(H3,30,31,32,33). The summed E-state index contributed by atoms with van der Waals surface area (Å²) >= 11 is 1.50. The van der Waals surface area contributed by atoms with E-state index in [9.17, 15) is 0 Å². The van der Waals surface area contributed by atoms with Gasteiger partial charge in [0.2, 0.25) is 0 Å². The summed E-state index contributed by atoms with van der Waals surface area (Å²) in [5.41, 5.74) is 10.5. The van der Waals surface area contributed by atoms with Crippen molar-refractivity contribution in [2.24, 2.45) is 10.7 Å². The van der Waals surface area contributed by atoms with Gasteiger partial charge in [-0.2, -0.15) is 0 Å². The maximum atomic E-state index is 6.42. The first kappa shape index (κ1) is 27.5. The molecule has 10 heteroatoms. The summed E-state index contributed by atoms with van der Waals surface area (Å²) in [7, 11) is 0. The molecule has 39 heavy (non-hydrogen) atoms. The Hall–Kier alpha value is -3.02. The zero-order valence-corrected chi connectivity index (χ0v) is 23.6. The van der Waals surface area contributed by atoms with Crippen LogP contribution >= 0.6 is 11.3 Å². The third-order valence-electron chi connectivity index (χ3n) is 6.92. The molecule has 3 heterocycles. The molecule has 0 radical (unpaired) electrons. The van der Waals surface area contributed by atoms with Gasteiger partial charge < -0.3 is 25.3 Å². The van der Waals surface area contributed by atoms with Gasteiger partial charge in [0.25, 0.3) is 0 Å². The van der Waals surface area contributed by atoms with E-state index in [1.54, 1.807) is 0 Å². The zero-order valence-electron chi connectivity index (χ0n) is 22.8. The first-order valence-electron chi connectivity index (χ1n) is 13.5. The van der Waals surface area contributed by atoms with Crippen molar-refractivity contribution >= 4 is 22.4 Å². The quantitative estimate of drug-likeness (QED) is 0.305. The molecule has 2 aromatic carbocycles. The smallest absolute Gasteiger partial charge is 0.195 e. The predicted octanol–water partition coefficient (Wildman–Crippen LogP) is 3.98. The number of thiazole rings is 1. The second kappa shape index (κ2) is 13.4. The van der Waals surface area contributed by atoms with Gasteiger partial charge in [-0.1, -0.05) is 29.8 Å². The molecule has 9 nitrogen and oxygen atoms in total. The summed E-state index contributed by atoms with van der Waals surface area (Å²) in [5.74, 6) is 1.98. The van der Waals surface area contributed by atoms with Crippen LogP contribution in [0.15, 0.2) is 52.8 Å². The second-order valence-corrected chi connectivity index (χ2v) is 10.9. The van der Waals surface area contributed by atoms with Crippen LogP contribution in [0.25, 0.3) is 11.3 Å². The Bertz CT molecular complexity index is 1230. The SMILES string of the molecule is Cc1ccc(Oc2ccccc2-c2csc(NC(N)=NC(CN3CCOCC3)CN3CCOCC3)n2)c(C)c1. The number of aryl methyl sites for hydroxylation is 2. The average Bonchev–Trinajstić information content (AvgIpc) is 3.39. The maximum absolute atomic E-state index is 6.42. The Morgan fingerprint density at radius 1 is 1.00 bits per heavy atom. The van der Waals surface area contributed by atoms with E-state index in [0.717, 1.165) is 94.0 Å². The minimum atomic E-state index is 0.0417. The topological polar surface area (TPSA) is 97.5 Å². The van der Waals surface area contributed by atoms with Gasteiger partial charge in [0, 0.05) is 50.2 Å². The van der Waals surface area contributed by atoms with Crippen molar-refractivity contribution in [1.29, 1.82) is 0 Å². The van der Waals surface area contributed by atoms with E-state index >= 15 is 0 Å². The normalized spacial score (nSPS) is 17.5. The number of nitrogens with one attached hydrogen (secondary N) is 1. The van der Waals surface area contributed by atoms with Gasteiger partial charge in [-0.25, -0.2) is 9.98 Å². The third kappa shape index (κ3) is 7.77. The van der Waals surface area contributed by atoms with E-state index in [-0.39, 0.29) is 6.04 Å². The first-order valence-corrected chi connectivity index (χ1v) is 14.4. The van der Waals surface area contributed by atoms with Gasteiger partial charge in [-0.3, -0.25) is 9.80 Å². The summed E-state index contributed by atoms with van der Waals surface area (Å²) in [4.78, 5) is 14.5. The van der Waals surface area contributed by atoms with Gasteiger partial charge >= 0.3 is 0 Å². The number of rotatable bonds is 9. The van der Waals surface area contributed by atoms with E-state index in [0.29, 0.717) is 11.1 Å². The molecule has 0 aliphatic carbocycles. The lowest BCUT2D eigenvalue weighted by Crippen LogP contribution is -2.47. The Balaban J connectivity index is 1.28. The first-order chi connectivity index (χ1) is 19.0. The molecular weight excluding hydrogens is 512 g/mol. The average molecular weight is 551 g/mol. The van der Waals surface area contributed by atoms with Gasteiger partial charge in [0.15, 0.2) is 11.1 Å². The van der Waals surface area contributed by atoms with Crippen molar-refractivity contribution in [2.45, 2.75) is 19.9 Å². The summed E-state index contributed by atoms with van der Waals surface area (Å²) in [6, 6.07) is 14.2. The van der Waals surface area contributed by atoms with Crippen molar-refractivity contribution in [1.82, 2.24) is 14.8 Å². The lowest BCUT2D eigenvalue weighted by molar-refractivity contribution is 0.0211. The Labute approximate surface area is 234 Å². The molecule has 208 valence electrons. The highest BCUT2D eigenvalue weighted by Crippen LogP contribution is 2.35. The number of hydrogen-bond acceptors (Lipinski definition) is 8. The van der Waals surface area contributed by atoms with Gasteiger partial charge in [0.1, 0.15) is 11.5 Å². The molecule has 1 aromatic heterocycles. The number of morpholine rings is 2. The number of para-hydroxylation sites is 1. The number of nitrogens with two attached hydrogens (primary N) is 1. The van der Waals surface area contributed by atoms with Gasteiger partial charge in [0.05, 0.1) is 38.2 Å². The van der Waals surface area contributed by atoms with Crippen molar-refractivity contribution in [3.63, 3.8) is 0 Å². The lowest BCUT2D eigenvalue weighted by atomic mass is 10.1. The molecule has 0 unspecified atom stereocenters. The van der Waals surface area contributed by atoms with Crippen LogP contribution in [0.1, 0.15) is 11.1 Å². The maximum Gasteiger partial charge on any atom is 0.195 e. The number of aliphatic imine (C=N–C) groups is 1. The molecule has 3 aromatic rings. The van der Waals surface area contributed by atoms with E-state index in [1.807, 2.05) is 35.7 Å². The zero-order chi connectivity index (χ0) is 27.0. The molecule has 0 atom stereocenters. The lowest BCUT2D eigenvalue weighted by Gasteiger charge is -2.33. The van der Waals surface area contributed by atoms with Crippen LogP contribution in [0.2, 0.25) is 0 Å². The van der Waals surface area contributed by atoms with E-state index in [4.69, 9.17) is 29.9 Å². The number of hydrogen-bond donors (Lipinski definition) is 2. The summed E-state index contributed by atoms with van der Waals surface area (Å²) in [6.07, 6.45) is 0. The van der Waals surface area contributed by atoms with E-state index in [2.05, 4.69) is 41.1 Å². The number of benzene rings is 2. The van der Waals surface area contributed by atoms with Gasteiger partial charge in [-0.05, 0) is 37.6 Å². The van der Waals surface area contributed by atoms with Crippen LogP contribution in [-0.4, -0.2) is 92.5 Å². The van der Waals surface area contributed by atoms with Gasteiger partial charge in [-0.15, -0.1) is 11.3 Å². The Morgan fingerprint density at radius 3 is 2.33 bits per heavy atom. The van der Waals surface area contributed by atoms with Crippen LogP contribution in [0.3, 0.4) is 0 Å². The van der Waals surface area contributed by atoms with E-state index in [1.165, 1.54) is 16.9 Å². The van der Waals surface area contributed by atoms with Crippen LogP contribution in [0.5, 0.6) is 11.5 Å². The molecule has 0 amide bonds. The molecule has 3 N–H and O–H groups in total.